The molecule has 0 aliphatic carbocycles. The molecule has 2 aromatic rings. The molecule has 0 saturated heterocycles. The fourth-order valence-corrected chi connectivity index (χ4v) is 2.20. The lowest BCUT2D eigenvalue weighted by Gasteiger charge is -2.19. The van der Waals surface area contributed by atoms with Crippen LogP contribution in [0, 0.1) is 11.3 Å². The van der Waals surface area contributed by atoms with Gasteiger partial charge in [-0.05, 0) is 30.7 Å². The van der Waals surface area contributed by atoms with Gasteiger partial charge in [0.2, 0.25) is 0 Å². The first-order chi connectivity index (χ1) is 10.7. The van der Waals surface area contributed by atoms with Crippen LogP contribution in [0.1, 0.15) is 42.6 Å². The van der Waals surface area contributed by atoms with Gasteiger partial charge in [-0.15, -0.1) is 0 Å². The highest BCUT2D eigenvalue weighted by atomic mass is 19.1. The van der Waals surface area contributed by atoms with Gasteiger partial charge < -0.3 is 9.84 Å². The summed E-state index contributed by atoms with van der Waals surface area (Å²) in [5, 5.41) is 18.5. The molecule has 0 spiro atoms. The van der Waals surface area contributed by atoms with Crippen LogP contribution in [-0.4, -0.2) is 10.1 Å². The number of rotatable bonds is 6. The Morgan fingerprint density at radius 2 is 2.18 bits per heavy atom. The van der Waals surface area contributed by atoms with E-state index >= 15 is 0 Å². The van der Waals surface area contributed by atoms with Crippen LogP contribution in [0.5, 0.6) is 11.5 Å². The lowest BCUT2D eigenvalue weighted by molar-refractivity contribution is 0.192. The fraction of sp³-hybridized carbons (Fsp3) is 0.294. The summed E-state index contributed by atoms with van der Waals surface area (Å²) in [5.74, 6) is 0.569. The van der Waals surface area contributed by atoms with E-state index in [1.807, 2.05) is 13.0 Å². The van der Waals surface area contributed by atoms with Gasteiger partial charge in [-0.1, -0.05) is 13.3 Å². The number of benzene rings is 1. The minimum absolute atomic E-state index is 0.0754. The van der Waals surface area contributed by atoms with E-state index in [-0.39, 0.29) is 11.9 Å². The third-order valence-electron chi connectivity index (χ3n) is 3.29. The summed E-state index contributed by atoms with van der Waals surface area (Å²) in [5.41, 5.74) is 1.37. The smallest absolute Gasteiger partial charge is 0.134 e. The molecule has 1 heterocycles. The van der Waals surface area contributed by atoms with Crippen molar-refractivity contribution in [3.05, 3.63) is 53.3 Å². The number of alkyl halides is 1. The van der Waals surface area contributed by atoms with Gasteiger partial charge in [-0.25, -0.2) is 4.39 Å². The van der Waals surface area contributed by atoms with E-state index in [2.05, 4.69) is 4.98 Å². The molecule has 0 aliphatic rings. The molecule has 5 heteroatoms. The second-order valence-corrected chi connectivity index (χ2v) is 4.94. The Morgan fingerprint density at radius 3 is 2.82 bits per heavy atom. The third-order valence-corrected chi connectivity index (χ3v) is 3.29. The predicted octanol–water partition coefficient (Wildman–Crippen LogP) is 4.05. The molecule has 4 nitrogen and oxygen atoms in total. The van der Waals surface area contributed by atoms with Crippen molar-refractivity contribution in [3.8, 4) is 17.6 Å². The maximum absolute atomic E-state index is 13.0. The van der Waals surface area contributed by atoms with Gasteiger partial charge in [0.05, 0.1) is 17.8 Å². The second kappa shape index (κ2) is 7.41. The zero-order chi connectivity index (χ0) is 15.9. The third kappa shape index (κ3) is 3.73. The van der Waals surface area contributed by atoms with E-state index in [4.69, 9.17) is 10.00 Å². The van der Waals surface area contributed by atoms with Crippen LogP contribution < -0.4 is 4.74 Å². The molecule has 0 aliphatic heterocycles. The molecule has 2 rings (SSSR count). The molecule has 1 aromatic heterocycles. The first-order valence-electron chi connectivity index (χ1n) is 7.07. The van der Waals surface area contributed by atoms with Crippen molar-refractivity contribution in [2.45, 2.75) is 32.5 Å². The number of ether oxygens (including phenoxy) is 1. The lowest BCUT2D eigenvalue weighted by Crippen LogP contribution is -2.08. The molecule has 1 N–H and O–H groups in total. The Labute approximate surface area is 128 Å². The Bertz CT molecular complexity index is 683. The minimum Gasteiger partial charge on any atom is -0.506 e. The number of halogens is 1. The fourth-order valence-electron chi connectivity index (χ4n) is 2.20. The Morgan fingerprint density at radius 1 is 1.36 bits per heavy atom. The number of hydrogen-bond acceptors (Lipinski definition) is 4. The van der Waals surface area contributed by atoms with E-state index in [0.717, 1.165) is 18.4 Å². The zero-order valence-electron chi connectivity index (χ0n) is 12.3. The first-order valence-corrected chi connectivity index (χ1v) is 7.07. The standard InChI is InChI=1S/C17H17FN2O2/c1-2-3-17(14-6-15(21)11-20-10-14)22-16-5-4-12(9-19)13(7-16)8-18/h4-7,10-11,17,21H,2-3,8H2,1H3. The van der Waals surface area contributed by atoms with Crippen molar-refractivity contribution in [2.24, 2.45) is 0 Å². The minimum atomic E-state index is -0.716. The van der Waals surface area contributed by atoms with Crippen LogP contribution in [0.15, 0.2) is 36.7 Å². The molecule has 22 heavy (non-hydrogen) atoms. The van der Waals surface area contributed by atoms with E-state index < -0.39 is 6.67 Å². The van der Waals surface area contributed by atoms with Gasteiger partial charge in [-0.2, -0.15) is 5.26 Å². The van der Waals surface area contributed by atoms with Crippen molar-refractivity contribution < 1.29 is 14.2 Å². The Hall–Kier alpha value is -2.61. The first kappa shape index (κ1) is 15.8. The summed E-state index contributed by atoms with van der Waals surface area (Å²) < 4.78 is 18.9. The monoisotopic (exact) mass is 300 g/mol. The number of hydrogen-bond donors (Lipinski definition) is 1. The van der Waals surface area contributed by atoms with Crippen molar-refractivity contribution in [2.75, 3.05) is 0 Å². The van der Waals surface area contributed by atoms with Gasteiger partial charge in [0.25, 0.3) is 0 Å². The highest BCUT2D eigenvalue weighted by Gasteiger charge is 2.15. The number of pyridine rings is 1. The van der Waals surface area contributed by atoms with Gasteiger partial charge in [0, 0.05) is 17.3 Å². The molecule has 0 fully saturated rings. The summed E-state index contributed by atoms with van der Waals surface area (Å²) >= 11 is 0. The van der Waals surface area contributed by atoms with Crippen LogP contribution in [0.4, 0.5) is 4.39 Å². The van der Waals surface area contributed by atoms with Crippen molar-refractivity contribution in [3.63, 3.8) is 0 Å². The molecule has 0 saturated carbocycles. The molecular formula is C17H17FN2O2. The van der Waals surface area contributed by atoms with Crippen LogP contribution >= 0.6 is 0 Å². The Kier molecular flexibility index (Phi) is 5.31. The summed E-state index contributed by atoms with van der Waals surface area (Å²) in [6.07, 6.45) is 4.32. The highest BCUT2D eigenvalue weighted by molar-refractivity contribution is 5.42. The van der Waals surface area contributed by atoms with Gasteiger partial charge in [0.15, 0.2) is 0 Å². The molecule has 0 bridgehead atoms. The highest BCUT2D eigenvalue weighted by Crippen LogP contribution is 2.28. The maximum atomic E-state index is 13.0. The molecule has 114 valence electrons. The van der Waals surface area contributed by atoms with Crippen molar-refractivity contribution >= 4 is 0 Å². The molecular weight excluding hydrogens is 283 g/mol. The van der Waals surface area contributed by atoms with Crippen molar-refractivity contribution in [1.29, 1.82) is 5.26 Å². The number of nitrogens with zero attached hydrogens (tertiary/aromatic N) is 2. The van der Waals surface area contributed by atoms with E-state index in [9.17, 15) is 9.50 Å². The van der Waals surface area contributed by atoms with Crippen LogP contribution in [0.2, 0.25) is 0 Å². The zero-order valence-corrected chi connectivity index (χ0v) is 12.3. The van der Waals surface area contributed by atoms with E-state index in [1.165, 1.54) is 12.3 Å². The van der Waals surface area contributed by atoms with Crippen LogP contribution in [-0.2, 0) is 6.67 Å². The Balaban J connectivity index is 2.26. The summed E-state index contributed by atoms with van der Waals surface area (Å²) in [6, 6.07) is 8.30. The molecule has 1 atom stereocenters. The number of aromatic nitrogens is 1. The maximum Gasteiger partial charge on any atom is 0.134 e. The molecule has 0 amide bonds. The van der Waals surface area contributed by atoms with Crippen LogP contribution in [0.3, 0.4) is 0 Å². The van der Waals surface area contributed by atoms with Gasteiger partial charge >= 0.3 is 0 Å². The average Bonchev–Trinajstić information content (AvgIpc) is 2.54. The van der Waals surface area contributed by atoms with E-state index in [1.54, 1.807) is 24.4 Å². The normalized spacial score (nSPS) is 11.7. The largest absolute Gasteiger partial charge is 0.506 e. The molecule has 1 aromatic carbocycles. The SMILES string of the molecule is CCCC(Oc1ccc(C#N)c(CF)c1)c1cncc(O)c1. The van der Waals surface area contributed by atoms with E-state index in [0.29, 0.717) is 16.9 Å². The van der Waals surface area contributed by atoms with Crippen LogP contribution in [0.25, 0.3) is 0 Å². The lowest BCUT2D eigenvalue weighted by atomic mass is 10.1. The van der Waals surface area contributed by atoms with Gasteiger partial charge in [0.1, 0.15) is 24.3 Å². The second-order valence-electron chi connectivity index (χ2n) is 4.94. The summed E-state index contributed by atoms with van der Waals surface area (Å²) in [6.45, 7) is 1.31. The number of nitriles is 1. The predicted molar refractivity (Wildman–Crippen MR) is 80.1 cm³/mol. The van der Waals surface area contributed by atoms with Crippen molar-refractivity contribution in [1.82, 2.24) is 4.98 Å². The molecule has 1 unspecified atom stereocenters. The number of aromatic hydroxyl groups is 1. The quantitative estimate of drug-likeness (QED) is 0.874. The average molecular weight is 300 g/mol. The summed E-state index contributed by atoms with van der Waals surface area (Å²) in [4.78, 5) is 3.96. The summed E-state index contributed by atoms with van der Waals surface area (Å²) in [7, 11) is 0. The van der Waals surface area contributed by atoms with Gasteiger partial charge in [-0.3, -0.25) is 4.98 Å². The topological polar surface area (TPSA) is 66.1 Å². The molecule has 0 radical (unpaired) electrons.